The lowest BCUT2D eigenvalue weighted by atomic mass is 10.1. The fourth-order valence-corrected chi connectivity index (χ4v) is 1.93. The Hall–Kier alpha value is -0.570. The van der Waals surface area contributed by atoms with Crippen LogP contribution in [0.4, 0.5) is 0 Å². The zero-order valence-electron chi connectivity index (χ0n) is 12.3. The van der Waals surface area contributed by atoms with Crippen LogP contribution in [-0.4, -0.2) is 25.7 Å². The number of nitrogens with one attached hydrogen (secondary N) is 1. The molecule has 0 heterocycles. The smallest absolute Gasteiger partial charge is 0.307 e. The van der Waals surface area contributed by atoms with Gasteiger partial charge in [0, 0.05) is 6.54 Å². The minimum absolute atomic E-state index is 0.0964. The summed E-state index contributed by atoms with van der Waals surface area (Å²) in [4.78, 5) is 11.0. The first-order valence-corrected chi connectivity index (χ1v) is 7.67. The van der Waals surface area contributed by atoms with Crippen LogP contribution < -0.4 is 5.32 Å². The Balaban J connectivity index is 3.01. The summed E-state index contributed by atoms with van der Waals surface area (Å²) in [5, 5.41) is 3.29. The molecule has 0 saturated carbocycles. The van der Waals surface area contributed by atoms with E-state index in [1.54, 1.807) is 0 Å². The molecular formula is C15H31NO2. The number of carbonyl (C=O) groups excluding carboxylic acids is 1. The second-order valence-corrected chi connectivity index (χ2v) is 4.78. The lowest BCUT2D eigenvalue weighted by Gasteiger charge is -2.05. The van der Waals surface area contributed by atoms with E-state index in [0.717, 1.165) is 13.1 Å². The van der Waals surface area contributed by atoms with Gasteiger partial charge in [0.15, 0.2) is 0 Å². The van der Waals surface area contributed by atoms with Crippen LogP contribution in [0.3, 0.4) is 0 Å². The van der Waals surface area contributed by atoms with E-state index in [2.05, 4.69) is 12.2 Å². The summed E-state index contributed by atoms with van der Waals surface area (Å²) < 4.78 is 4.85. The molecule has 0 unspecified atom stereocenters. The maximum atomic E-state index is 11.0. The Morgan fingerprint density at radius 2 is 1.50 bits per heavy atom. The molecule has 0 atom stereocenters. The van der Waals surface area contributed by atoms with Crippen molar-refractivity contribution in [1.82, 2.24) is 5.32 Å². The Labute approximate surface area is 113 Å². The van der Waals surface area contributed by atoms with Crippen molar-refractivity contribution < 1.29 is 9.53 Å². The Morgan fingerprint density at radius 1 is 0.889 bits per heavy atom. The highest BCUT2D eigenvalue weighted by atomic mass is 16.5. The van der Waals surface area contributed by atoms with Gasteiger partial charge >= 0.3 is 5.97 Å². The standard InChI is InChI=1S/C15H31NO2/c1-3-5-6-7-8-9-10-11-13-16-14-12-15(17)18-4-2/h16H,3-14H2,1-2H3. The fraction of sp³-hybridized carbons (Fsp3) is 0.933. The molecule has 3 nitrogen and oxygen atoms in total. The van der Waals surface area contributed by atoms with E-state index in [-0.39, 0.29) is 5.97 Å². The largest absolute Gasteiger partial charge is 0.466 e. The van der Waals surface area contributed by atoms with E-state index in [1.807, 2.05) is 6.92 Å². The summed E-state index contributed by atoms with van der Waals surface area (Å²) in [5.74, 6) is -0.0964. The lowest BCUT2D eigenvalue weighted by molar-refractivity contribution is -0.142. The van der Waals surface area contributed by atoms with Crippen LogP contribution in [0.5, 0.6) is 0 Å². The van der Waals surface area contributed by atoms with E-state index in [1.165, 1.54) is 51.4 Å². The van der Waals surface area contributed by atoms with Gasteiger partial charge in [0.2, 0.25) is 0 Å². The minimum atomic E-state index is -0.0964. The van der Waals surface area contributed by atoms with Gasteiger partial charge in [-0.2, -0.15) is 0 Å². The maximum absolute atomic E-state index is 11.0. The van der Waals surface area contributed by atoms with Crippen molar-refractivity contribution in [2.75, 3.05) is 19.7 Å². The normalized spacial score (nSPS) is 10.6. The number of hydrogen-bond donors (Lipinski definition) is 1. The van der Waals surface area contributed by atoms with Crippen molar-refractivity contribution in [1.29, 1.82) is 0 Å². The molecule has 0 amide bonds. The van der Waals surface area contributed by atoms with Crippen molar-refractivity contribution in [3.05, 3.63) is 0 Å². The zero-order chi connectivity index (χ0) is 13.5. The summed E-state index contributed by atoms with van der Waals surface area (Å²) in [6.07, 6.45) is 11.2. The van der Waals surface area contributed by atoms with Gasteiger partial charge in [-0.25, -0.2) is 0 Å². The summed E-state index contributed by atoms with van der Waals surface area (Å²) in [7, 11) is 0. The number of unbranched alkanes of at least 4 members (excludes halogenated alkanes) is 7. The second kappa shape index (κ2) is 14.5. The van der Waals surface area contributed by atoms with Gasteiger partial charge in [-0.1, -0.05) is 51.9 Å². The Morgan fingerprint density at radius 3 is 2.11 bits per heavy atom. The third-order valence-electron chi connectivity index (χ3n) is 3.02. The molecule has 18 heavy (non-hydrogen) atoms. The first kappa shape index (κ1) is 17.4. The quantitative estimate of drug-likeness (QED) is 0.404. The van der Waals surface area contributed by atoms with Crippen LogP contribution in [0.25, 0.3) is 0 Å². The molecule has 1 N–H and O–H groups in total. The molecule has 0 aromatic heterocycles. The molecule has 0 spiro atoms. The van der Waals surface area contributed by atoms with Crippen molar-refractivity contribution in [3.8, 4) is 0 Å². The predicted octanol–water partition coefficient (Wildman–Crippen LogP) is 3.67. The fourth-order valence-electron chi connectivity index (χ4n) is 1.93. The Kier molecular flexibility index (Phi) is 14.0. The van der Waals surface area contributed by atoms with Gasteiger partial charge in [-0.05, 0) is 19.9 Å². The highest BCUT2D eigenvalue weighted by molar-refractivity contribution is 5.69. The molecule has 3 heteroatoms. The van der Waals surface area contributed by atoms with E-state index >= 15 is 0 Å². The molecule has 0 aromatic rings. The molecule has 108 valence electrons. The second-order valence-electron chi connectivity index (χ2n) is 4.78. The number of ether oxygens (including phenoxy) is 1. The molecule has 0 aliphatic carbocycles. The lowest BCUT2D eigenvalue weighted by Crippen LogP contribution is -2.20. The van der Waals surface area contributed by atoms with Crippen LogP contribution in [0, 0.1) is 0 Å². The molecular weight excluding hydrogens is 226 g/mol. The first-order valence-electron chi connectivity index (χ1n) is 7.67. The van der Waals surface area contributed by atoms with Crippen molar-refractivity contribution in [2.45, 2.75) is 71.6 Å². The van der Waals surface area contributed by atoms with Crippen molar-refractivity contribution in [3.63, 3.8) is 0 Å². The minimum Gasteiger partial charge on any atom is -0.466 e. The molecule has 0 bridgehead atoms. The number of rotatable bonds is 13. The molecule has 0 fully saturated rings. The average Bonchev–Trinajstić information content (AvgIpc) is 2.36. The van der Waals surface area contributed by atoms with E-state index in [4.69, 9.17) is 4.74 Å². The zero-order valence-corrected chi connectivity index (χ0v) is 12.3. The van der Waals surface area contributed by atoms with Crippen LogP contribution in [0.15, 0.2) is 0 Å². The predicted molar refractivity (Wildman–Crippen MR) is 76.7 cm³/mol. The van der Waals surface area contributed by atoms with E-state index in [0.29, 0.717) is 13.0 Å². The SMILES string of the molecule is CCCCCCCCCCNCCC(=O)OCC. The molecule has 0 aliphatic rings. The van der Waals surface area contributed by atoms with E-state index in [9.17, 15) is 4.79 Å². The number of esters is 1. The van der Waals surface area contributed by atoms with Gasteiger partial charge in [0.25, 0.3) is 0 Å². The molecule has 0 radical (unpaired) electrons. The summed E-state index contributed by atoms with van der Waals surface area (Å²) in [6.45, 7) is 6.34. The number of hydrogen-bond acceptors (Lipinski definition) is 3. The monoisotopic (exact) mass is 257 g/mol. The van der Waals surface area contributed by atoms with Crippen LogP contribution in [-0.2, 0) is 9.53 Å². The van der Waals surface area contributed by atoms with Crippen LogP contribution >= 0.6 is 0 Å². The molecule has 0 aromatic carbocycles. The van der Waals surface area contributed by atoms with Crippen molar-refractivity contribution in [2.24, 2.45) is 0 Å². The van der Waals surface area contributed by atoms with E-state index < -0.39 is 0 Å². The average molecular weight is 257 g/mol. The van der Waals surface area contributed by atoms with Gasteiger partial charge < -0.3 is 10.1 Å². The third kappa shape index (κ3) is 13.5. The molecule has 0 saturated heterocycles. The van der Waals surface area contributed by atoms with Gasteiger partial charge in [-0.3, -0.25) is 4.79 Å². The molecule has 0 rings (SSSR count). The van der Waals surface area contributed by atoms with Crippen molar-refractivity contribution >= 4 is 5.97 Å². The molecule has 0 aliphatic heterocycles. The van der Waals surface area contributed by atoms with Crippen LogP contribution in [0.1, 0.15) is 71.6 Å². The summed E-state index contributed by atoms with van der Waals surface area (Å²) in [5.41, 5.74) is 0. The number of carbonyl (C=O) groups is 1. The highest BCUT2D eigenvalue weighted by Gasteiger charge is 1.99. The summed E-state index contributed by atoms with van der Waals surface area (Å²) >= 11 is 0. The maximum Gasteiger partial charge on any atom is 0.307 e. The topological polar surface area (TPSA) is 38.3 Å². The highest BCUT2D eigenvalue weighted by Crippen LogP contribution is 2.07. The first-order chi connectivity index (χ1) is 8.81. The summed E-state index contributed by atoms with van der Waals surface area (Å²) in [6, 6.07) is 0. The van der Waals surface area contributed by atoms with Gasteiger partial charge in [-0.15, -0.1) is 0 Å². The third-order valence-corrected chi connectivity index (χ3v) is 3.02. The van der Waals surface area contributed by atoms with Gasteiger partial charge in [0.1, 0.15) is 0 Å². The van der Waals surface area contributed by atoms with Gasteiger partial charge in [0.05, 0.1) is 13.0 Å². The Bertz CT molecular complexity index is 183. The van der Waals surface area contributed by atoms with Crippen LogP contribution in [0.2, 0.25) is 0 Å².